The summed E-state index contributed by atoms with van der Waals surface area (Å²) >= 11 is 0. The molecule has 0 fully saturated rings. The normalized spacial score (nSPS) is 12.4. The van der Waals surface area contributed by atoms with Crippen LogP contribution in [0.3, 0.4) is 0 Å². The van der Waals surface area contributed by atoms with Crippen molar-refractivity contribution in [2.45, 2.75) is 13.5 Å². The first kappa shape index (κ1) is 10.6. The SMILES string of the molecule is CC(CNCc1cccnn1)C(N)=O. The number of nitrogens with two attached hydrogens (primary N) is 1. The molecule has 0 aromatic carbocycles. The van der Waals surface area contributed by atoms with Gasteiger partial charge in [-0.2, -0.15) is 10.2 Å². The Labute approximate surface area is 82.7 Å². The van der Waals surface area contributed by atoms with Crippen LogP contribution < -0.4 is 11.1 Å². The Hall–Kier alpha value is -1.49. The highest BCUT2D eigenvalue weighted by Crippen LogP contribution is 1.93. The van der Waals surface area contributed by atoms with Crippen molar-refractivity contribution in [1.82, 2.24) is 15.5 Å². The maximum atomic E-state index is 10.7. The molecular formula is C9H14N4O. The lowest BCUT2D eigenvalue weighted by Crippen LogP contribution is -2.30. The van der Waals surface area contributed by atoms with Gasteiger partial charge in [0.2, 0.25) is 5.91 Å². The molecule has 3 N–H and O–H groups in total. The quantitative estimate of drug-likeness (QED) is 0.673. The van der Waals surface area contributed by atoms with Gasteiger partial charge in [0.05, 0.1) is 5.69 Å². The number of rotatable bonds is 5. The van der Waals surface area contributed by atoms with E-state index in [9.17, 15) is 4.79 Å². The molecule has 14 heavy (non-hydrogen) atoms. The molecule has 1 heterocycles. The van der Waals surface area contributed by atoms with Crippen LogP contribution in [0, 0.1) is 5.92 Å². The molecule has 1 unspecified atom stereocenters. The summed E-state index contributed by atoms with van der Waals surface area (Å²) in [4.78, 5) is 10.7. The summed E-state index contributed by atoms with van der Waals surface area (Å²) in [6, 6.07) is 3.69. The van der Waals surface area contributed by atoms with Gasteiger partial charge in [-0.15, -0.1) is 0 Å². The number of hydrogen-bond donors (Lipinski definition) is 2. The number of amides is 1. The Morgan fingerprint density at radius 2 is 2.50 bits per heavy atom. The van der Waals surface area contributed by atoms with Gasteiger partial charge in [-0.25, -0.2) is 0 Å². The summed E-state index contributed by atoms with van der Waals surface area (Å²) in [7, 11) is 0. The third kappa shape index (κ3) is 3.49. The van der Waals surface area contributed by atoms with E-state index in [0.717, 1.165) is 5.69 Å². The fourth-order valence-electron chi connectivity index (χ4n) is 0.945. The summed E-state index contributed by atoms with van der Waals surface area (Å²) in [5.74, 6) is -0.455. The van der Waals surface area contributed by atoms with Crippen LogP contribution in [0.2, 0.25) is 0 Å². The minimum absolute atomic E-state index is 0.160. The standard InChI is InChI=1S/C9H14N4O/c1-7(9(10)14)5-11-6-8-3-2-4-12-13-8/h2-4,7,11H,5-6H2,1H3,(H2,10,14). The molecule has 1 aromatic rings. The van der Waals surface area contributed by atoms with E-state index in [0.29, 0.717) is 13.1 Å². The zero-order valence-corrected chi connectivity index (χ0v) is 8.10. The van der Waals surface area contributed by atoms with Gasteiger partial charge < -0.3 is 11.1 Å². The Morgan fingerprint density at radius 3 is 3.07 bits per heavy atom. The molecule has 0 bridgehead atoms. The topological polar surface area (TPSA) is 80.9 Å². The van der Waals surface area contributed by atoms with Crippen molar-refractivity contribution >= 4 is 5.91 Å². The third-order valence-corrected chi connectivity index (χ3v) is 1.87. The van der Waals surface area contributed by atoms with Crippen LogP contribution in [-0.4, -0.2) is 22.6 Å². The lowest BCUT2D eigenvalue weighted by Gasteiger charge is -2.07. The van der Waals surface area contributed by atoms with E-state index in [2.05, 4.69) is 15.5 Å². The third-order valence-electron chi connectivity index (χ3n) is 1.87. The lowest BCUT2D eigenvalue weighted by atomic mass is 10.2. The Morgan fingerprint density at radius 1 is 1.71 bits per heavy atom. The minimum atomic E-state index is -0.295. The van der Waals surface area contributed by atoms with Crippen LogP contribution >= 0.6 is 0 Å². The predicted molar refractivity (Wildman–Crippen MR) is 52.1 cm³/mol. The summed E-state index contributed by atoms with van der Waals surface area (Å²) < 4.78 is 0. The van der Waals surface area contributed by atoms with Gasteiger partial charge in [0.15, 0.2) is 0 Å². The summed E-state index contributed by atoms with van der Waals surface area (Å²) in [5.41, 5.74) is 5.96. The highest BCUT2D eigenvalue weighted by molar-refractivity contribution is 5.76. The number of nitrogens with one attached hydrogen (secondary N) is 1. The number of hydrogen-bond acceptors (Lipinski definition) is 4. The van der Waals surface area contributed by atoms with Crippen molar-refractivity contribution < 1.29 is 4.79 Å². The maximum Gasteiger partial charge on any atom is 0.221 e. The summed E-state index contributed by atoms with van der Waals surface area (Å²) in [6.45, 7) is 2.95. The van der Waals surface area contributed by atoms with Crippen LogP contribution in [0.5, 0.6) is 0 Å². The van der Waals surface area contributed by atoms with Crippen molar-refractivity contribution in [1.29, 1.82) is 0 Å². The van der Waals surface area contributed by atoms with Crippen LogP contribution in [-0.2, 0) is 11.3 Å². The molecule has 5 nitrogen and oxygen atoms in total. The molecule has 0 aliphatic heterocycles. The molecule has 1 aromatic heterocycles. The van der Waals surface area contributed by atoms with E-state index < -0.39 is 0 Å². The zero-order chi connectivity index (χ0) is 10.4. The molecule has 1 rings (SSSR count). The van der Waals surface area contributed by atoms with Gasteiger partial charge in [0, 0.05) is 25.2 Å². The van der Waals surface area contributed by atoms with Crippen LogP contribution in [0.4, 0.5) is 0 Å². The predicted octanol–water partition coefficient (Wildman–Crippen LogP) is -0.312. The van der Waals surface area contributed by atoms with Crippen molar-refractivity contribution in [3.05, 3.63) is 24.0 Å². The highest BCUT2D eigenvalue weighted by atomic mass is 16.1. The van der Waals surface area contributed by atoms with E-state index in [1.807, 2.05) is 12.1 Å². The minimum Gasteiger partial charge on any atom is -0.369 e. The molecule has 0 spiro atoms. The average Bonchev–Trinajstić information content (AvgIpc) is 2.19. The molecule has 5 heteroatoms. The first-order valence-corrected chi connectivity index (χ1v) is 4.46. The average molecular weight is 194 g/mol. The van der Waals surface area contributed by atoms with Gasteiger partial charge >= 0.3 is 0 Å². The second-order valence-corrected chi connectivity index (χ2v) is 3.15. The molecule has 76 valence electrons. The molecule has 1 amide bonds. The number of nitrogens with zero attached hydrogens (tertiary/aromatic N) is 2. The van der Waals surface area contributed by atoms with Crippen LogP contribution in [0.15, 0.2) is 18.3 Å². The molecule has 0 radical (unpaired) electrons. The van der Waals surface area contributed by atoms with Crippen molar-refractivity contribution in [3.63, 3.8) is 0 Å². The Bertz CT molecular complexity index is 288. The van der Waals surface area contributed by atoms with Gasteiger partial charge in [0.1, 0.15) is 0 Å². The van der Waals surface area contributed by atoms with E-state index in [4.69, 9.17) is 5.73 Å². The fourth-order valence-corrected chi connectivity index (χ4v) is 0.945. The first-order valence-electron chi connectivity index (χ1n) is 4.46. The maximum absolute atomic E-state index is 10.7. The number of primary amides is 1. The van der Waals surface area contributed by atoms with E-state index in [1.165, 1.54) is 0 Å². The molecule has 0 aliphatic carbocycles. The van der Waals surface area contributed by atoms with Crippen LogP contribution in [0.1, 0.15) is 12.6 Å². The second-order valence-electron chi connectivity index (χ2n) is 3.15. The van der Waals surface area contributed by atoms with Crippen molar-refractivity contribution in [2.75, 3.05) is 6.54 Å². The van der Waals surface area contributed by atoms with E-state index >= 15 is 0 Å². The molecule has 0 aliphatic rings. The van der Waals surface area contributed by atoms with Gasteiger partial charge in [-0.1, -0.05) is 6.92 Å². The van der Waals surface area contributed by atoms with Crippen LogP contribution in [0.25, 0.3) is 0 Å². The number of carbonyl (C=O) groups excluding carboxylic acids is 1. The lowest BCUT2D eigenvalue weighted by molar-refractivity contribution is -0.121. The van der Waals surface area contributed by atoms with Gasteiger partial charge in [-0.05, 0) is 12.1 Å². The molecule has 0 saturated carbocycles. The fraction of sp³-hybridized carbons (Fsp3) is 0.444. The largest absolute Gasteiger partial charge is 0.369 e. The number of carbonyl (C=O) groups is 1. The monoisotopic (exact) mass is 194 g/mol. The Kier molecular flexibility index (Phi) is 4.00. The number of aromatic nitrogens is 2. The van der Waals surface area contributed by atoms with Crippen molar-refractivity contribution in [3.8, 4) is 0 Å². The Balaban J connectivity index is 2.26. The van der Waals surface area contributed by atoms with E-state index in [-0.39, 0.29) is 11.8 Å². The second kappa shape index (κ2) is 5.29. The molecular weight excluding hydrogens is 180 g/mol. The smallest absolute Gasteiger partial charge is 0.221 e. The molecule has 1 atom stereocenters. The zero-order valence-electron chi connectivity index (χ0n) is 8.10. The summed E-state index contributed by atoms with van der Waals surface area (Å²) in [6.07, 6.45) is 1.62. The van der Waals surface area contributed by atoms with Gasteiger partial charge in [-0.3, -0.25) is 4.79 Å². The van der Waals surface area contributed by atoms with Crippen molar-refractivity contribution in [2.24, 2.45) is 11.7 Å². The highest BCUT2D eigenvalue weighted by Gasteiger charge is 2.07. The summed E-state index contributed by atoms with van der Waals surface area (Å²) in [5, 5.41) is 10.7. The molecule has 0 saturated heterocycles. The first-order chi connectivity index (χ1) is 6.70. The van der Waals surface area contributed by atoms with E-state index in [1.54, 1.807) is 13.1 Å². The van der Waals surface area contributed by atoms with Gasteiger partial charge in [0.25, 0.3) is 0 Å².